The lowest BCUT2D eigenvalue weighted by Gasteiger charge is -2.24. The molecule has 4 heterocycles. The number of hydrogen-bond donors (Lipinski definition) is 3. The first kappa shape index (κ1) is 30.5. The molecular weight excluding hydrogens is 588 g/mol. The number of carbonyl (C=O) groups is 4. The summed E-state index contributed by atoms with van der Waals surface area (Å²) in [6.07, 6.45) is 3.34. The smallest absolute Gasteiger partial charge is 0.273 e. The number of oxazole rings is 1. The Bertz CT molecular complexity index is 1590. The molecule has 2 atom stereocenters. The first-order valence-corrected chi connectivity index (χ1v) is 14.9. The molecule has 4 amide bonds. The summed E-state index contributed by atoms with van der Waals surface area (Å²) in [7, 11) is 0. The largest absolute Gasteiger partial charge is 0.446 e. The Kier molecular flexibility index (Phi) is 9.69. The van der Waals surface area contributed by atoms with Gasteiger partial charge in [0, 0.05) is 24.9 Å². The van der Waals surface area contributed by atoms with Crippen molar-refractivity contribution < 1.29 is 23.6 Å². The number of carbonyl (C=O) groups excluding carboxylic acids is 4. The van der Waals surface area contributed by atoms with E-state index >= 15 is 0 Å². The SMILES string of the molecule is CC(C)C[C@@H]1NC(=O)c2coc(n2)[C@H](Cc2ccccc2)NC(=O)CN(C(=O)Cn2ncnn2)CCNC(=O)c2csc1n2. The van der Waals surface area contributed by atoms with Crippen LogP contribution in [0.3, 0.4) is 0 Å². The van der Waals surface area contributed by atoms with Crippen molar-refractivity contribution in [1.29, 1.82) is 0 Å². The third-order valence-corrected chi connectivity index (χ3v) is 7.72. The van der Waals surface area contributed by atoms with E-state index in [-0.39, 0.29) is 49.4 Å². The second-order valence-corrected chi connectivity index (χ2v) is 11.5. The maximum Gasteiger partial charge on any atom is 0.273 e. The summed E-state index contributed by atoms with van der Waals surface area (Å²) < 4.78 is 5.73. The van der Waals surface area contributed by atoms with E-state index in [0.29, 0.717) is 17.8 Å². The van der Waals surface area contributed by atoms with Crippen LogP contribution < -0.4 is 16.0 Å². The summed E-state index contributed by atoms with van der Waals surface area (Å²) in [5.41, 5.74) is 1.12. The molecule has 0 radical (unpaired) electrons. The lowest BCUT2D eigenvalue weighted by Crippen LogP contribution is -2.46. The van der Waals surface area contributed by atoms with E-state index < -0.39 is 35.7 Å². The molecule has 1 aliphatic heterocycles. The Morgan fingerprint density at radius 1 is 1.07 bits per heavy atom. The van der Waals surface area contributed by atoms with Gasteiger partial charge in [-0.25, -0.2) is 9.97 Å². The number of rotatable bonds is 6. The molecule has 0 saturated carbocycles. The van der Waals surface area contributed by atoms with Crippen molar-refractivity contribution in [3.63, 3.8) is 0 Å². The monoisotopic (exact) mass is 620 g/mol. The van der Waals surface area contributed by atoms with Gasteiger partial charge in [0.2, 0.25) is 17.7 Å². The Balaban J connectivity index is 1.46. The molecule has 44 heavy (non-hydrogen) atoms. The average molecular weight is 621 g/mol. The van der Waals surface area contributed by atoms with E-state index in [2.05, 4.69) is 41.3 Å². The van der Waals surface area contributed by atoms with Gasteiger partial charge in [-0.3, -0.25) is 19.2 Å². The van der Waals surface area contributed by atoms with Crippen LogP contribution in [-0.4, -0.2) is 78.3 Å². The van der Waals surface area contributed by atoms with Crippen LogP contribution in [0.2, 0.25) is 0 Å². The first-order chi connectivity index (χ1) is 21.2. The quantitative estimate of drug-likeness (QED) is 0.283. The molecule has 1 aromatic carbocycles. The minimum atomic E-state index is -0.744. The van der Waals surface area contributed by atoms with Crippen LogP contribution in [0, 0.1) is 5.92 Å². The van der Waals surface area contributed by atoms with Gasteiger partial charge in [-0.15, -0.1) is 21.5 Å². The third kappa shape index (κ3) is 7.89. The topological polar surface area (TPSA) is 190 Å². The average Bonchev–Trinajstić information content (AvgIpc) is 3.78. The van der Waals surface area contributed by atoms with Gasteiger partial charge in [-0.2, -0.15) is 4.80 Å². The zero-order valence-electron chi connectivity index (χ0n) is 24.2. The van der Waals surface area contributed by atoms with E-state index in [1.807, 2.05) is 44.2 Å². The van der Waals surface area contributed by atoms with Crippen LogP contribution >= 0.6 is 11.3 Å². The van der Waals surface area contributed by atoms with Crippen molar-refractivity contribution in [3.8, 4) is 0 Å². The highest BCUT2D eigenvalue weighted by atomic mass is 32.1. The number of fused-ring (bicyclic) bond motifs is 4. The first-order valence-electron chi connectivity index (χ1n) is 14.1. The van der Waals surface area contributed by atoms with Gasteiger partial charge in [0.05, 0.1) is 12.6 Å². The number of tetrazole rings is 1. The number of aromatic nitrogens is 6. The third-order valence-electron chi connectivity index (χ3n) is 6.76. The summed E-state index contributed by atoms with van der Waals surface area (Å²) in [5, 5.41) is 22.0. The molecule has 5 rings (SSSR count). The summed E-state index contributed by atoms with van der Waals surface area (Å²) in [5.74, 6) is -1.51. The normalized spacial score (nSPS) is 18.2. The van der Waals surface area contributed by atoms with Crippen molar-refractivity contribution in [3.05, 3.63) is 76.2 Å². The highest BCUT2D eigenvalue weighted by Gasteiger charge is 2.28. The van der Waals surface area contributed by atoms with Gasteiger partial charge < -0.3 is 25.3 Å². The van der Waals surface area contributed by atoms with Crippen molar-refractivity contribution in [2.75, 3.05) is 19.6 Å². The van der Waals surface area contributed by atoms with Crippen LogP contribution in [0.5, 0.6) is 0 Å². The zero-order valence-corrected chi connectivity index (χ0v) is 25.0. The molecule has 3 aromatic heterocycles. The van der Waals surface area contributed by atoms with Crippen LogP contribution in [0.1, 0.15) is 69.8 Å². The summed E-state index contributed by atoms with van der Waals surface area (Å²) in [6.45, 7) is 3.55. The fourth-order valence-electron chi connectivity index (χ4n) is 4.66. The number of amides is 4. The van der Waals surface area contributed by atoms with Crippen molar-refractivity contribution in [2.24, 2.45) is 5.92 Å². The molecule has 4 aromatic rings. The Labute approximate surface area is 256 Å². The molecule has 0 saturated heterocycles. The molecule has 15 nitrogen and oxygen atoms in total. The maximum absolute atomic E-state index is 13.4. The predicted octanol–water partition coefficient (Wildman–Crippen LogP) is 1.31. The Morgan fingerprint density at radius 2 is 1.89 bits per heavy atom. The maximum atomic E-state index is 13.4. The molecule has 0 unspecified atom stereocenters. The fourth-order valence-corrected chi connectivity index (χ4v) is 5.52. The Hall–Kier alpha value is -4.99. The lowest BCUT2D eigenvalue weighted by atomic mass is 10.0. The van der Waals surface area contributed by atoms with E-state index in [0.717, 1.165) is 10.4 Å². The van der Waals surface area contributed by atoms with Gasteiger partial charge in [0.15, 0.2) is 12.0 Å². The molecular formula is C28H32N10O5S. The van der Waals surface area contributed by atoms with Crippen molar-refractivity contribution in [2.45, 2.75) is 45.3 Å². The number of nitrogens with one attached hydrogen (secondary N) is 3. The van der Waals surface area contributed by atoms with E-state index in [1.54, 1.807) is 5.38 Å². The van der Waals surface area contributed by atoms with E-state index in [1.165, 1.54) is 28.8 Å². The van der Waals surface area contributed by atoms with Crippen LogP contribution in [0.25, 0.3) is 0 Å². The second-order valence-electron chi connectivity index (χ2n) is 10.6. The minimum absolute atomic E-state index is 0.0300. The Morgan fingerprint density at radius 3 is 2.64 bits per heavy atom. The van der Waals surface area contributed by atoms with Gasteiger partial charge in [0.25, 0.3) is 11.8 Å². The number of thiazole rings is 1. The molecule has 0 aliphatic carbocycles. The second kappa shape index (κ2) is 14.0. The summed E-state index contributed by atoms with van der Waals surface area (Å²) in [6, 6.07) is 8.22. The number of nitrogens with zero attached hydrogens (tertiary/aromatic N) is 7. The molecule has 0 spiro atoms. The van der Waals surface area contributed by atoms with Gasteiger partial charge in [-0.05, 0) is 23.1 Å². The standard InChI is InChI=1S/C28H32N10O5S/c1-17(2)10-20-28-35-22(15-44-28)25(41)29-8-9-37(24(40)13-38-31-16-30-36-38)12-23(39)32-19(11-18-6-4-3-5-7-18)27-34-21(14-43-27)26(42)33-20/h3-7,14-17,19-20H,8-13H2,1-2H3,(H,29,41)(H,32,39)(H,33,42)/t19-,20-/m0/s1. The summed E-state index contributed by atoms with van der Waals surface area (Å²) in [4.78, 5) is 64.1. The van der Waals surface area contributed by atoms with E-state index in [9.17, 15) is 19.2 Å². The van der Waals surface area contributed by atoms with Gasteiger partial charge >= 0.3 is 0 Å². The van der Waals surface area contributed by atoms with Crippen LogP contribution in [-0.2, 0) is 22.6 Å². The van der Waals surface area contributed by atoms with E-state index in [4.69, 9.17) is 4.42 Å². The van der Waals surface area contributed by atoms with Crippen molar-refractivity contribution in [1.82, 2.24) is 51.0 Å². The lowest BCUT2D eigenvalue weighted by molar-refractivity contribution is -0.137. The zero-order chi connectivity index (χ0) is 31.1. The number of hydrogen-bond acceptors (Lipinski definition) is 11. The fraction of sp³-hybridized carbons (Fsp3) is 0.393. The van der Waals surface area contributed by atoms with Crippen LogP contribution in [0.15, 0.2) is 52.7 Å². The number of benzene rings is 1. The van der Waals surface area contributed by atoms with Gasteiger partial charge in [-0.1, -0.05) is 44.2 Å². The minimum Gasteiger partial charge on any atom is -0.446 e. The van der Waals surface area contributed by atoms with Crippen LogP contribution in [0.4, 0.5) is 0 Å². The molecule has 3 N–H and O–H groups in total. The predicted molar refractivity (Wildman–Crippen MR) is 156 cm³/mol. The molecule has 4 bridgehead atoms. The molecule has 230 valence electrons. The van der Waals surface area contributed by atoms with Crippen molar-refractivity contribution >= 4 is 35.0 Å². The highest BCUT2D eigenvalue weighted by Crippen LogP contribution is 2.26. The molecule has 16 heteroatoms. The summed E-state index contributed by atoms with van der Waals surface area (Å²) >= 11 is 1.27. The molecule has 1 aliphatic rings. The van der Waals surface area contributed by atoms with Gasteiger partial charge in [0.1, 0.15) is 29.6 Å². The highest BCUT2D eigenvalue weighted by molar-refractivity contribution is 7.09. The molecule has 0 fully saturated rings.